The van der Waals surface area contributed by atoms with E-state index in [2.05, 4.69) is 34.2 Å². The van der Waals surface area contributed by atoms with Crippen LogP contribution in [-0.2, 0) is 16.4 Å². The molecule has 1 aromatic heterocycles. The van der Waals surface area contributed by atoms with Gasteiger partial charge in [0.15, 0.2) is 9.84 Å². The highest BCUT2D eigenvalue weighted by Crippen LogP contribution is 2.29. The Kier molecular flexibility index (Phi) is 4.66. The molecule has 2 atom stereocenters. The molecular weight excluding hydrogens is 354 g/mol. The van der Waals surface area contributed by atoms with Crippen molar-refractivity contribution in [1.82, 2.24) is 14.8 Å². The lowest BCUT2D eigenvalue weighted by Crippen LogP contribution is -2.58. The summed E-state index contributed by atoms with van der Waals surface area (Å²) in [5.41, 5.74) is 2.17. The molecule has 0 N–H and O–H groups in total. The van der Waals surface area contributed by atoms with Gasteiger partial charge in [-0.3, -0.25) is 9.80 Å². The van der Waals surface area contributed by atoms with Crippen molar-refractivity contribution in [3.63, 3.8) is 0 Å². The molecule has 0 radical (unpaired) electrons. The highest BCUT2D eigenvalue weighted by atomic mass is 32.2. The number of nitrogens with zero attached hydrogens (tertiary/aromatic N) is 3. The van der Waals surface area contributed by atoms with E-state index in [0.717, 1.165) is 42.4 Å². The molecule has 0 bridgehead atoms. The minimum Gasteiger partial charge on any atom is -0.297 e. The molecule has 2 aromatic rings. The second-order valence-electron chi connectivity index (χ2n) is 6.82. The molecule has 3 heterocycles. The molecule has 134 valence electrons. The zero-order valence-electron chi connectivity index (χ0n) is 14.3. The van der Waals surface area contributed by atoms with Gasteiger partial charge in [0.05, 0.1) is 17.2 Å². The first-order valence-corrected chi connectivity index (χ1v) is 11.4. The topological polar surface area (TPSA) is 53.5 Å². The predicted octanol–water partition coefficient (Wildman–Crippen LogP) is 2.11. The number of hydrogen-bond donors (Lipinski definition) is 0. The minimum atomic E-state index is -2.94. The summed E-state index contributed by atoms with van der Waals surface area (Å²) >= 11 is 1.65. The molecule has 4 rings (SSSR count). The summed E-state index contributed by atoms with van der Waals surface area (Å²) in [6.07, 6.45) is 0. The number of likely N-dealkylation sites (N-methyl/N-ethyl adjacent to an activating group) is 1. The fourth-order valence-corrected chi connectivity index (χ4v) is 6.85. The molecule has 0 aliphatic carbocycles. The summed E-state index contributed by atoms with van der Waals surface area (Å²) in [7, 11) is -2.94. The minimum absolute atomic E-state index is 0.0978. The fraction of sp³-hybridized carbons (Fsp3) is 0.500. The lowest BCUT2D eigenvalue weighted by molar-refractivity contribution is 0.0433. The third kappa shape index (κ3) is 3.51. The Labute approximate surface area is 153 Å². The number of sulfone groups is 1. The number of fused-ring (bicyclic) bond motifs is 1. The number of thiazole rings is 1. The molecule has 0 amide bonds. The molecule has 2 saturated heterocycles. The molecule has 0 unspecified atom stereocenters. The zero-order valence-corrected chi connectivity index (χ0v) is 16.0. The smallest absolute Gasteiger partial charge is 0.153 e. The molecule has 5 nitrogen and oxygen atoms in total. The van der Waals surface area contributed by atoms with E-state index in [0.29, 0.717) is 5.75 Å². The van der Waals surface area contributed by atoms with Gasteiger partial charge in [-0.05, 0) is 6.54 Å². The molecule has 2 aliphatic heterocycles. The lowest BCUT2D eigenvalue weighted by atomic mass is 10.0. The van der Waals surface area contributed by atoms with Crippen molar-refractivity contribution in [1.29, 1.82) is 0 Å². The van der Waals surface area contributed by atoms with Crippen molar-refractivity contribution in [2.24, 2.45) is 0 Å². The van der Waals surface area contributed by atoms with Gasteiger partial charge in [0.25, 0.3) is 0 Å². The van der Waals surface area contributed by atoms with Crippen molar-refractivity contribution in [2.45, 2.75) is 25.6 Å². The van der Waals surface area contributed by atoms with Gasteiger partial charge in [0.2, 0.25) is 0 Å². The first kappa shape index (κ1) is 17.1. The van der Waals surface area contributed by atoms with Crippen LogP contribution in [0.4, 0.5) is 0 Å². The van der Waals surface area contributed by atoms with Crippen molar-refractivity contribution in [2.75, 3.05) is 31.1 Å². The second kappa shape index (κ2) is 6.79. The van der Waals surface area contributed by atoms with E-state index in [-0.39, 0.29) is 17.8 Å². The number of hydrogen-bond acceptors (Lipinski definition) is 6. The third-order valence-corrected chi connectivity index (χ3v) is 7.89. The molecule has 7 heteroatoms. The Morgan fingerprint density at radius 2 is 1.80 bits per heavy atom. The van der Waals surface area contributed by atoms with Crippen LogP contribution in [0.15, 0.2) is 35.7 Å². The van der Waals surface area contributed by atoms with Gasteiger partial charge in [0.1, 0.15) is 5.01 Å². The van der Waals surface area contributed by atoms with Gasteiger partial charge in [-0.15, -0.1) is 11.3 Å². The van der Waals surface area contributed by atoms with Gasteiger partial charge < -0.3 is 0 Å². The second-order valence-corrected chi connectivity index (χ2v) is 9.83. The number of benzene rings is 1. The summed E-state index contributed by atoms with van der Waals surface area (Å²) in [5, 5.41) is 3.13. The van der Waals surface area contributed by atoms with Crippen LogP contribution in [0.2, 0.25) is 0 Å². The van der Waals surface area contributed by atoms with Gasteiger partial charge >= 0.3 is 0 Å². The van der Waals surface area contributed by atoms with E-state index in [1.165, 1.54) is 0 Å². The first-order chi connectivity index (χ1) is 12.1. The summed E-state index contributed by atoms with van der Waals surface area (Å²) < 4.78 is 24.4. The molecule has 0 spiro atoms. The van der Waals surface area contributed by atoms with Crippen LogP contribution >= 0.6 is 11.3 Å². The summed E-state index contributed by atoms with van der Waals surface area (Å²) in [5.74, 6) is 0.582. The van der Waals surface area contributed by atoms with Crippen LogP contribution in [0.3, 0.4) is 0 Å². The van der Waals surface area contributed by atoms with Gasteiger partial charge in [-0.1, -0.05) is 37.3 Å². The number of piperazine rings is 1. The molecular formula is C18H23N3O2S2. The maximum atomic E-state index is 12.2. The average Bonchev–Trinajstić information content (AvgIpc) is 3.19. The lowest BCUT2D eigenvalue weighted by Gasteiger charge is -2.43. The quantitative estimate of drug-likeness (QED) is 0.817. The maximum absolute atomic E-state index is 12.2. The zero-order chi connectivity index (χ0) is 17.4. The Hall–Kier alpha value is -1.28. The Bertz CT molecular complexity index is 835. The van der Waals surface area contributed by atoms with E-state index in [1.807, 2.05) is 18.2 Å². The highest BCUT2D eigenvalue weighted by molar-refractivity contribution is 7.91. The summed E-state index contributed by atoms with van der Waals surface area (Å²) in [4.78, 5) is 9.42. The molecule has 0 saturated carbocycles. The van der Waals surface area contributed by atoms with Crippen LogP contribution in [0, 0.1) is 0 Å². The van der Waals surface area contributed by atoms with Crippen molar-refractivity contribution >= 4 is 21.2 Å². The maximum Gasteiger partial charge on any atom is 0.153 e. The highest BCUT2D eigenvalue weighted by Gasteiger charge is 2.45. The number of rotatable bonds is 4. The van der Waals surface area contributed by atoms with Gasteiger partial charge in [-0.25, -0.2) is 13.4 Å². The first-order valence-electron chi connectivity index (χ1n) is 8.74. The summed E-state index contributed by atoms with van der Waals surface area (Å²) in [6, 6.07) is 10.4. The van der Waals surface area contributed by atoms with E-state index in [4.69, 9.17) is 4.98 Å². The molecule has 2 fully saturated rings. The third-order valence-electron chi connectivity index (χ3n) is 5.25. The van der Waals surface area contributed by atoms with Crippen LogP contribution in [0.1, 0.15) is 12.6 Å². The Balaban J connectivity index is 1.52. The largest absolute Gasteiger partial charge is 0.297 e. The average molecular weight is 378 g/mol. The number of aromatic nitrogens is 1. The van der Waals surface area contributed by atoms with Gasteiger partial charge in [-0.2, -0.15) is 0 Å². The molecule has 1 aromatic carbocycles. The fourth-order valence-electron chi connectivity index (χ4n) is 3.99. The molecule has 25 heavy (non-hydrogen) atoms. The van der Waals surface area contributed by atoms with E-state index >= 15 is 0 Å². The SMILES string of the molecule is CCN1CCN(Cc2csc(-c3ccccc3)n2)[C@H]2CS(=O)(=O)C[C@H]21. The Morgan fingerprint density at radius 1 is 1.12 bits per heavy atom. The van der Waals surface area contributed by atoms with E-state index < -0.39 is 9.84 Å². The van der Waals surface area contributed by atoms with Crippen molar-refractivity contribution in [3.8, 4) is 10.6 Å². The Morgan fingerprint density at radius 3 is 2.52 bits per heavy atom. The monoisotopic (exact) mass is 377 g/mol. The molecule has 2 aliphatic rings. The van der Waals surface area contributed by atoms with Gasteiger partial charge in [0, 0.05) is 42.7 Å². The van der Waals surface area contributed by atoms with Crippen molar-refractivity contribution in [3.05, 3.63) is 41.4 Å². The normalized spacial score (nSPS) is 26.6. The van der Waals surface area contributed by atoms with Crippen LogP contribution < -0.4 is 0 Å². The summed E-state index contributed by atoms with van der Waals surface area (Å²) in [6.45, 7) is 5.60. The van der Waals surface area contributed by atoms with Crippen LogP contribution in [0.5, 0.6) is 0 Å². The van der Waals surface area contributed by atoms with Crippen LogP contribution in [0.25, 0.3) is 10.6 Å². The van der Waals surface area contributed by atoms with Crippen LogP contribution in [-0.4, -0.2) is 66.4 Å². The standard InChI is InChI=1S/C18H23N3O2S2/c1-2-20-8-9-21(17-13-25(22,23)12-16(17)20)10-15-11-24-18(19-15)14-6-4-3-5-7-14/h3-7,11,16-17H,2,8-10,12-13H2,1H3/t16-,17+/m1/s1. The van der Waals surface area contributed by atoms with E-state index in [9.17, 15) is 8.42 Å². The van der Waals surface area contributed by atoms with E-state index in [1.54, 1.807) is 11.3 Å². The van der Waals surface area contributed by atoms with Crippen molar-refractivity contribution < 1.29 is 8.42 Å². The predicted molar refractivity (Wildman–Crippen MR) is 101 cm³/mol.